The van der Waals surface area contributed by atoms with Crippen molar-refractivity contribution in [3.05, 3.63) is 23.8 Å². The van der Waals surface area contributed by atoms with Gasteiger partial charge in [-0.15, -0.1) is 11.6 Å². The molecule has 0 saturated carbocycles. The third kappa shape index (κ3) is 5.74. The maximum atomic E-state index is 11.9. The molecule has 0 bridgehead atoms. The monoisotopic (exact) mass is 366 g/mol. The minimum atomic E-state index is -0.192. The molecule has 136 valence electrons. The Morgan fingerprint density at radius 1 is 1.32 bits per heavy atom. The maximum Gasteiger partial charge on any atom is 0.257 e. The van der Waals surface area contributed by atoms with Gasteiger partial charge in [-0.05, 0) is 49.4 Å². The highest BCUT2D eigenvalue weighted by Crippen LogP contribution is 2.30. The number of carbonyl (C=O) groups is 3. The predicted octanol–water partition coefficient (Wildman–Crippen LogP) is 2.07. The third-order valence-electron chi connectivity index (χ3n) is 4.03. The van der Waals surface area contributed by atoms with Gasteiger partial charge in [0.25, 0.3) is 5.91 Å². The number of halogens is 1. The van der Waals surface area contributed by atoms with Crippen molar-refractivity contribution in [3.8, 4) is 5.75 Å². The number of alkyl halides is 1. The van der Waals surface area contributed by atoms with Crippen LogP contribution < -0.4 is 15.0 Å². The Morgan fingerprint density at radius 3 is 2.92 bits per heavy atom. The van der Waals surface area contributed by atoms with Crippen LogP contribution in [0.25, 0.3) is 0 Å². The number of nitrogens with zero attached hydrogens (tertiary/aromatic N) is 1. The molecular formula is C18H23ClN2O4. The van der Waals surface area contributed by atoms with E-state index < -0.39 is 0 Å². The molecule has 1 N–H and O–H groups in total. The topological polar surface area (TPSA) is 75.7 Å². The second kappa shape index (κ2) is 10.0. The Labute approximate surface area is 152 Å². The molecule has 1 aliphatic heterocycles. The maximum absolute atomic E-state index is 11.9. The molecule has 0 radical (unpaired) electrons. The highest BCUT2D eigenvalue weighted by molar-refractivity contribution is 6.29. The predicted molar refractivity (Wildman–Crippen MR) is 96.3 cm³/mol. The Bertz CT molecular complexity index is 621. The van der Waals surface area contributed by atoms with E-state index in [2.05, 4.69) is 5.32 Å². The highest BCUT2D eigenvalue weighted by atomic mass is 35.5. The van der Waals surface area contributed by atoms with E-state index in [1.165, 1.54) is 0 Å². The van der Waals surface area contributed by atoms with Crippen LogP contribution in [0, 0.1) is 0 Å². The first-order valence-electron chi connectivity index (χ1n) is 8.48. The fourth-order valence-corrected chi connectivity index (χ4v) is 2.92. The fourth-order valence-electron chi connectivity index (χ4n) is 2.77. The lowest BCUT2D eigenvalue weighted by Crippen LogP contribution is -2.36. The molecule has 6 nitrogen and oxygen atoms in total. The van der Waals surface area contributed by atoms with Gasteiger partial charge in [-0.3, -0.25) is 9.59 Å². The number of hydrogen-bond donors (Lipinski definition) is 1. The molecule has 0 atom stereocenters. The van der Waals surface area contributed by atoms with Gasteiger partial charge < -0.3 is 19.7 Å². The van der Waals surface area contributed by atoms with E-state index in [0.717, 1.165) is 43.2 Å². The zero-order valence-corrected chi connectivity index (χ0v) is 14.9. The third-order valence-corrected chi connectivity index (χ3v) is 4.25. The molecule has 1 aliphatic rings. The Balaban J connectivity index is 1.84. The van der Waals surface area contributed by atoms with Gasteiger partial charge in [-0.2, -0.15) is 0 Å². The van der Waals surface area contributed by atoms with Crippen LogP contribution in [0.1, 0.15) is 31.2 Å². The van der Waals surface area contributed by atoms with Crippen molar-refractivity contribution >= 4 is 35.4 Å². The van der Waals surface area contributed by atoms with Crippen molar-refractivity contribution in [1.29, 1.82) is 0 Å². The van der Waals surface area contributed by atoms with Crippen LogP contribution in [-0.2, 0) is 20.8 Å². The number of aryl methyl sites for hydroxylation is 1. The summed E-state index contributed by atoms with van der Waals surface area (Å²) in [5.74, 6) is 0.271. The number of rotatable bonds is 9. The van der Waals surface area contributed by atoms with Crippen molar-refractivity contribution in [2.45, 2.75) is 32.1 Å². The molecular weight excluding hydrogens is 344 g/mol. The van der Waals surface area contributed by atoms with E-state index in [1.54, 1.807) is 11.0 Å². The minimum absolute atomic E-state index is 0.0370. The number of benzene rings is 1. The molecule has 0 saturated heterocycles. The summed E-state index contributed by atoms with van der Waals surface area (Å²) in [5.41, 5.74) is 1.89. The number of fused-ring (bicyclic) bond motifs is 1. The number of aldehydes is 1. The number of carbonyl (C=O) groups excluding carboxylic acids is 3. The molecule has 0 fully saturated rings. The van der Waals surface area contributed by atoms with Crippen molar-refractivity contribution in [1.82, 2.24) is 5.32 Å². The van der Waals surface area contributed by atoms with Crippen LogP contribution >= 0.6 is 11.6 Å². The Hall–Kier alpha value is -2.08. The molecule has 1 aromatic carbocycles. The molecule has 0 spiro atoms. The van der Waals surface area contributed by atoms with Crippen molar-refractivity contribution < 1.29 is 19.1 Å². The average Bonchev–Trinajstić information content (AvgIpc) is 2.64. The summed E-state index contributed by atoms with van der Waals surface area (Å²) in [7, 11) is 0. The average molecular weight is 367 g/mol. The molecule has 0 aromatic heterocycles. The van der Waals surface area contributed by atoms with Gasteiger partial charge in [0.15, 0.2) is 6.61 Å². The van der Waals surface area contributed by atoms with E-state index in [4.69, 9.17) is 16.3 Å². The van der Waals surface area contributed by atoms with Crippen molar-refractivity contribution in [2.75, 3.05) is 30.5 Å². The molecule has 2 amide bonds. The SMILES string of the molecule is O=CCCCCNC(=O)COc1ccc2c(c1)CCCN2C(=O)CCl. The number of amides is 2. The summed E-state index contributed by atoms with van der Waals surface area (Å²) in [6.07, 6.45) is 4.68. The van der Waals surface area contributed by atoms with Gasteiger partial charge in [0.2, 0.25) is 5.91 Å². The van der Waals surface area contributed by atoms with Gasteiger partial charge in [0, 0.05) is 25.2 Å². The zero-order chi connectivity index (χ0) is 18.1. The first kappa shape index (κ1) is 19.2. The van der Waals surface area contributed by atoms with E-state index in [0.29, 0.717) is 25.3 Å². The van der Waals surface area contributed by atoms with Crippen LogP contribution in [0.2, 0.25) is 0 Å². The van der Waals surface area contributed by atoms with Crippen molar-refractivity contribution in [3.63, 3.8) is 0 Å². The highest BCUT2D eigenvalue weighted by Gasteiger charge is 2.22. The van der Waals surface area contributed by atoms with E-state index in [-0.39, 0.29) is 24.3 Å². The zero-order valence-electron chi connectivity index (χ0n) is 14.1. The van der Waals surface area contributed by atoms with Crippen molar-refractivity contribution in [2.24, 2.45) is 0 Å². The molecule has 1 aromatic rings. The summed E-state index contributed by atoms with van der Waals surface area (Å²) in [6.45, 7) is 1.15. The summed E-state index contributed by atoms with van der Waals surface area (Å²) in [6, 6.07) is 5.47. The standard InChI is InChI=1S/C18H23ClN2O4/c19-12-18(24)21-9-4-5-14-11-15(6-7-16(14)21)25-13-17(23)20-8-2-1-3-10-22/h6-7,10-11H,1-5,8-9,12-13H2,(H,20,23). The lowest BCUT2D eigenvalue weighted by molar-refractivity contribution is -0.123. The quantitative estimate of drug-likeness (QED) is 0.412. The molecule has 2 rings (SSSR count). The number of anilines is 1. The molecule has 0 aliphatic carbocycles. The fraction of sp³-hybridized carbons (Fsp3) is 0.500. The van der Waals surface area contributed by atoms with Crippen LogP contribution in [0.4, 0.5) is 5.69 Å². The van der Waals surface area contributed by atoms with Crippen LogP contribution in [0.5, 0.6) is 5.75 Å². The summed E-state index contributed by atoms with van der Waals surface area (Å²) >= 11 is 5.66. The van der Waals surface area contributed by atoms with E-state index in [1.807, 2.05) is 12.1 Å². The van der Waals surface area contributed by atoms with Gasteiger partial charge in [0.05, 0.1) is 0 Å². The second-order valence-corrected chi connectivity index (χ2v) is 6.14. The smallest absolute Gasteiger partial charge is 0.257 e. The van der Waals surface area contributed by atoms with E-state index in [9.17, 15) is 14.4 Å². The second-order valence-electron chi connectivity index (χ2n) is 5.87. The number of hydrogen-bond acceptors (Lipinski definition) is 4. The van der Waals surface area contributed by atoms with Gasteiger partial charge in [-0.1, -0.05) is 0 Å². The van der Waals surface area contributed by atoms with E-state index >= 15 is 0 Å². The van der Waals surface area contributed by atoms with Gasteiger partial charge in [0.1, 0.15) is 17.9 Å². The van der Waals surface area contributed by atoms with Gasteiger partial charge >= 0.3 is 0 Å². The number of ether oxygens (including phenoxy) is 1. The molecule has 0 unspecified atom stereocenters. The lowest BCUT2D eigenvalue weighted by atomic mass is 10.0. The number of nitrogens with one attached hydrogen (secondary N) is 1. The lowest BCUT2D eigenvalue weighted by Gasteiger charge is -2.29. The summed E-state index contributed by atoms with van der Waals surface area (Å²) in [5, 5.41) is 2.76. The number of unbranched alkanes of at least 4 members (excludes halogenated alkanes) is 2. The molecule has 25 heavy (non-hydrogen) atoms. The van der Waals surface area contributed by atoms with Crippen LogP contribution in [0.15, 0.2) is 18.2 Å². The summed E-state index contributed by atoms with van der Waals surface area (Å²) < 4.78 is 5.54. The first-order valence-corrected chi connectivity index (χ1v) is 9.01. The molecule has 1 heterocycles. The van der Waals surface area contributed by atoms with Crippen LogP contribution in [0.3, 0.4) is 0 Å². The van der Waals surface area contributed by atoms with Gasteiger partial charge in [-0.25, -0.2) is 0 Å². The summed E-state index contributed by atoms with van der Waals surface area (Å²) in [4.78, 5) is 35.5. The van der Waals surface area contributed by atoms with Crippen LogP contribution in [-0.4, -0.2) is 43.7 Å². The minimum Gasteiger partial charge on any atom is -0.484 e. The molecule has 7 heteroatoms. The Morgan fingerprint density at radius 2 is 2.16 bits per heavy atom. The largest absolute Gasteiger partial charge is 0.484 e. The Kier molecular flexibility index (Phi) is 7.73. The normalized spacial score (nSPS) is 13.1. The first-order chi connectivity index (χ1) is 12.2.